The summed E-state index contributed by atoms with van der Waals surface area (Å²) in [5.74, 6) is 1.38. The molecule has 1 aromatic heterocycles. The lowest BCUT2D eigenvalue weighted by Crippen LogP contribution is -2.59. The Morgan fingerprint density at radius 3 is 2.75 bits per heavy atom. The van der Waals surface area contributed by atoms with Crippen LogP contribution >= 0.6 is 0 Å². The van der Waals surface area contributed by atoms with Gasteiger partial charge in [-0.15, -0.1) is 0 Å². The maximum absolute atomic E-state index is 6.28. The highest BCUT2D eigenvalue weighted by Crippen LogP contribution is 2.70. The van der Waals surface area contributed by atoms with Gasteiger partial charge in [-0.3, -0.25) is 0 Å². The molecule has 134 valence electrons. The molecular formula is C21H32O3. The van der Waals surface area contributed by atoms with Gasteiger partial charge in [0.2, 0.25) is 0 Å². The second-order valence-electron chi connectivity index (χ2n) is 9.20. The van der Waals surface area contributed by atoms with Crippen LogP contribution in [0.15, 0.2) is 23.0 Å². The molecule has 2 heterocycles. The fraction of sp³-hybridized carbons (Fsp3) is 0.810. The summed E-state index contributed by atoms with van der Waals surface area (Å²) >= 11 is 0. The second-order valence-corrected chi connectivity index (χ2v) is 9.20. The summed E-state index contributed by atoms with van der Waals surface area (Å²) in [7, 11) is 1.85. The van der Waals surface area contributed by atoms with Gasteiger partial charge in [0.1, 0.15) is 11.7 Å². The fourth-order valence-electron chi connectivity index (χ4n) is 6.18. The van der Waals surface area contributed by atoms with Crippen LogP contribution in [0.5, 0.6) is 0 Å². The molecule has 0 bridgehead atoms. The van der Waals surface area contributed by atoms with Gasteiger partial charge >= 0.3 is 0 Å². The number of epoxide rings is 1. The van der Waals surface area contributed by atoms with Crippen molar-refractivity contribution in [2.24, 2.45) is 22.7 Å². The molecule has 2 saturated carbocycles. The first-order valence-electron chi connectivity index (χ1n) is 9.57. The molecule has 3 heteroatoms. The third kappa shape index (κ3) is 2.10. The number of furan rings is 1. The van der Waals surface area contributed by atoms with E-state index in [1.54, 1.807) is 6.26 Å². The van der Waals surface area contributed by atoms with Crippen LogP contribution in [0.1, 0.15) is 58.9 Å². The van der Waals surface area contributed by atoms with E-state index in [-0.39, 0.29) is 17.1 Å². The quantitative estimate of drug-likeness (QED) is 0.740. The predicted molar refractivity (Wildman–Crippen MR) is 93.8 cm³/mol. The molecule has 7 atom stereocenters. The van der Waals surface area contributed by atoms with Gasteiger partial charge in [-0.1, -0.05) is 20.8 Å². The lowest BCUT2D eigenvalue weighted by molar-refractivity contribution is -0.124. The van der Waals surface area contributed by atoms with Crippen molar-refractivity contribution >= 4 is 0 Å². The molecule has 0 unspecified atom stereocenters. The first-order valence-corrected chi connectivity index (χ1v) is 9.57. The van der Waals surface area contributed by atoms with Crippen molar-refractivity contribution in [1.82, 2.24) is 0 Å². The van der Waals surface area contributed by atoms with Crippen molar-refractivity contribution in [1.29, 1.82) is 0 Å². The van der Waals surface area contributed by atoms with Crippen molar-refractivity contribution in [2.75, 3.05) is 7.11 Å². The van der Waals surface area contributed by atoms with Crippen LogP contribution in [-0.4, -0.2) is 24.9 Å². The third-order valence-electron chi connectivity index (χ3n) is 8.42. The highest BCUT2D eigenvalue weighted by Gasteiger charge is 2.74. The predicted octanol–water partition coefficient (Wildman–Crippen LogP) is 4.85. The Morgan fingerprint density at radius 2 is 2.08 bits per heavy atom. The average Bonchev–Trinajstić information content (AvgIpc) is 3.03. The molecule has 0 N–H and O–H groups in total. The molecule has 0 amide bonds. The lowest BCUT2D eigenvalue weighted by Gasteiger charge is -2.60. The first-order chi connectivity index (χ1) is 11.3. The largest absolute Gasteiger partial charge is 0.472 e. The highest BCUT2D eigenvalue weighted by atomic mass is 16.6. The molecule has 2 aliphatic carbocycles. The van der Waals surface area contributed by atoms with Crippen molar-refractivity contribution in [3.05, 3.63) is 24.2 Å². The van der Waals surface area contributed by atoms with Gasteiger partial charge in [-0.2, -0.15) is 0 Å². The van der Waals surface area contributed by atoms with E-state index < -0.39 is 0 Å². The minimum Gasteiger partial charge on any atom is -0.472 e. The summed E-state index contributed by atoms with van der Waals surface area (Å²) in [4.78, 5) is 0. The Hall–Kier alpha value is -0.800. The van der Waals surface area contributed by atoms with Crippen LogP contribution in [0.25, 0.3) is 0 Å². The number of rotatable bonds is 4. The number of methoxy groups -OCH3 is 1. The Labute approximate surface area is 146 Å². The van der Waals surface area contributed by atoms with Crippen molar-refractivity contribution in [2.45, 2.75) is 77.6 Å². The van der Waals surface area contributed by atoms with Gasteiger partial charge in [-0.05, 0) is 67.9 Å². The van der Waals surface area contributed by atoms with Gasteiger partial charge < -0.3 is 13.9 Å². The molecule has 4 rings (SSSR count). The van der Waals surface area contributed by atoms with Gasteiger partial charge in [0.05, 0.1) is 18.6 Å². The zero-order valence-electron chi connectivity index (χ0n) is 15.8. The minimum atomic E-state index is 0.00757. The van der Waals surface area contributed by atoms with Gasteiger partial charge in [0, 0.05) is 12.5 Å². The lowest BCUT2D eigenvalue weighted by atomic mass is 9.44. The summed E-state index contributed by atoms with van der Waals surface area (Å²) in [5.41, 5.74) is 1.92. The van der Waals surface area contributed by atoms with Gasteiger partial charge in [-0.25, -0.2) is 0 Å². The van der Waals surface area contributed by atoms with E-state index in [1.807, 2.05) is 13.4 Å². The SMILES string of the molecule is CO[C@@H]1C[C@@H]2[C@@](C)(CCc3ccoc3)[C@H](C)CC[C@@]2(C)[C@]2(C)O[C@H]12. The number of hydrogen-bond donors (Lipinski definition) is 0. The fourth-order valence-corrected chi connectivity index (χ4v) is 6.18. The van der Waals surface area contributed by atoms with E-state index in [0.29, 0.717) is 17.4 Å². The van der Waals surface area contributed by atoms with Crippen LogP contribution in [0.2, 0.25) is 0 Å². The first kappa shape index (κ1) is 16.7. The Morgan fingerprint density at radius 1 is 1.29 bits per heavy atom. The molecule has 0 radical (unpaired) electrons. The zero-order chi connectivity index (χ0) is 17.2. The number of hydrogen-bond acceptors (Lipinski definition) is 3. The molecule has 1 aliphatic heterocycles. The van der Waals surface area contributed by atoms with E-state index in [1.165, 1.54) is 24.8 Å². The Kier molecular flexibility index (Phi) is 3.71. The van der Waals surface area contributed by atoms with E-state index >= 15 is 0 Å². The Bertz CT molecular complexity index is 596. The average molecular weight is 332 g/mol. The normalized spacial score (nSPS) is 50.2. The summed E-state index contributed by atoms with van der Waals surface area (Å²) in [6.07, 6.45) is 10.3. The maximum Gasteiger partial charge on any atom is 0.114 e. The van der Waals surface area contributed by atoms with Crippen LogP contribution in [0.3, 0.4) is 0 Å². The standard InChI is InChI=1S/C21H32O3/c1-14-6-10-20(3)17(12-16(22-5)18-21(20,4)24-18)19(14,2)9-7-15-8-11-23-13-15/h8,11,13-14,16-18H,6-7,9-10,12H2,1-5H3/t14-,16-,17-,18-,19+,20-,21-/m1/s1. The molecule has 0 aromatic carbocycles. The molecule has 24 heavy (non-hydrogen) atoms. The monoisotopic (exact) mass is 332 g/mol. The number of aryl methyl sites for hydroxylation is 1. The van der Waals surface area contributed by atoms with Crippen LogP contribution in [0, 0.1) is 22.7 Å². The summed E-state index contributed by atoms with van der Waals surface area (Å²) in [6.45, 7) is 9.81. The van der Waals surface area contributed by atoms with Crippen LogP contribution < -0.4 is 0 Å². The minimum absolute atomic E-state index is 0.00757. The van der Waals surface area contributed by atoms with E-state index in [2.05, 4.69) is 33.8 Å². The number of ether oxygens (including phenoxy) is 2. The van der Waals surface area contributed by atoms with Gasteiger partial charge in [0.25, 0.3) is 0 Å². The van der Waals surface area contributed by atoms with E-state index in [9.17, 15) is 0 Å². The van der Waals surface area contributed by atoms with E-state index in [4.69, 9.17) is 13.9 Å². The molecule has 3 fully saturated rings. The van der Waals surface area contributed by atoms with Crippen LogP contribution in [-0.2, 0) is 15.9 Å². The van der Waals surface area contributed by atoms with Gasteiger partial charge in [0.15, 0.2) is 0 Å². The molecule has 3 aliphatic rings. The van der Waals surface area contributed by atoms with E-state index in [0.717, 1.165) is 18.8 Å². The van der Waals surface area contributed by atoms with Crippen molar-refractivity contribution in [3.8, 4) is 0 Å². The van der Waals surface area contributed by atoms with Crippen molar-refractivity contribution in [3.63, 3.8) is 0 Å². The second kappa shape index (κ2) is 5.35. The summed E-state index contributed by atoms with van der Waals surface area (Å²) < 4.78 is 17.4. The van der Waals surface area contributed by atoms with Crippen molar-refractivity contribution < 1.29 is 13.9 Å². The summed E-state index contributed by atoms with van der Waals surface area (Å²) in [5, 5.41) is 0. The molecular weight excluding hydrogens is 300 g/mol. The van der Waals surface area contributed by atoms with Crippen LogP contribution in [0.4, 0.5) is 0 Å². The smallest absolute Gasteiger partial charge is 0.114 e. The molecule has 0 spiro atoms. The molecule has 1 saturated heterocycles. The molecule has 1 aromatic rings. The summed E-state index contributed by atoms with van der Waals surface area (Å²) in [6, 6.07) is 2.11. The molecule has 3 nitrogen and oxygen atoms in total. The zero-order valence-corrected chi connectivity index (χ0v) is 15.8. The Balaban J connectivity index is 1.64. The highest BCUT2D eigenvalue weighted by molar-refractivity contribution is 5.22. The number of fused-ring (bicyclic) bond motifs is 3. The maximum atomic E-state index is 6.28. The third-order valence-corrected chi connectivity index (χ3v) is 8.42. The topological polar surface area (TPSA) is 34.9 Å².